The molecule has 7 heteroatoms. The molecule has 1 aliphatic rings. The monoisotopic (exact) mass is 315 g/mol. The Balaban J connectivity index is 2.02. The number of nitrogens with one attached hydrogen (secondary N) is 1. The van der Waals surface area contributed by atoms with Gasteiger partial charge in [0.2, 0.25) is 0 Å². The Labute approximate surface area is 128 Å². The van der Waals surface area contributed by atoms with Crippen molar-refractivity contribution in [3.05, 3.63) is 22.8 Å². The third-order valence-electron chi connectivity index (χ3n) is 2.99. The van der Waals surface area contributed by atoms with Gasteiger partial charge in [-0.2, -0.15) is 11.8 Å². The number of hydrogen-bond acceptors (Lipinski definition) is 5. The topological polar surface area (TPSA) is 54.5 Å². The number of thioether (sulfide) groups is 1. The van der Waals surface area contributed by atoms with Crippen LogP contribution in [-0.2, 0) is 4.74 Å². The van der Waals surface area contributed by atoms with Gasteiger partial charge in [-0.25, -0.2) is 4.98 Å². The predicted octanol–water partition coefficient (Wildman–Crippen LogP) is 1.98. The summed E-state index contributed by atoms with van der Waals surface area (Å²) in [5.41, 5.74) is 0.521. The van der Waals surface area contributed by atoms with E-state index in [9.17, 15) is 4.79 Å². The maximum absolute atomic E-state index is 12.3. The summed E-state index contributed by atoms with van der Waals surface area (Å²) in [5.74, 6) is 1.56. The summed E-state index contributed by atoms with van der Waals surface area (Å²) in [6.45, 7) is 3.20. The molecule has 1 fully saturated rings. The number of pyridine rings is 1. The van der Waals surface area contributed by atoms with Crippen molar-refractivity contribution in [1.29, 1.82) is 0 Å². The zero-order chi connectivity index (χ0) is 14.4. The lowest BCUT2D eigenvalue weighted by atomic mass is 10.2. The molecule has 1 amide bonds. The molecule has 0 aromatic carbocycles. The van der Waals surface area contributed by atoms with Gasteiger partial charge in [0, 0.05) is 31.6 Å². The van der Waals surface area contributed by atoms with E-state index in [4.69, 9.17) is 16.3 Å². The number of hydrogen-bond donors (Lipinski definition) is 1. The molecular formula is C13H18ClN3O2S. The molecule has 2 rings (SSSR count). The Hall–Kier alpha value is -0.980. The van der Waals surface area contributed by atoms with Gasteiger partial charge in [-0.1, -0.05) is 11.6 Å². The lowest BCUT2D eigenvalue weighted by Crippen LogP contribution is -2.40. The molecular weight excluding hydrogens is 298 g/mol. The van der Waals surface area contributed by atoms with Crippen molar-refractivity contribution in [3.8, 4) is 0 Å². The van der Waals surface area contributed by atoms with E-state index >= 15 is 0 Å². The lowest BCUT2D eigenvalue weighted by Gasteiger charge is -2.26. The molecule has 1 N–H and O–H groups in total. The molecule has 1 aromatic rings. The zero-order valence-corrected chi connectivity index (χ0v) is 13.0. The van der Waals surface area contributed by atoms with E-state index in [-0.39, 0.29) is 5.91 Å². The molecule has 0 saturated carbocycles. The summed E-state index contributed by atoms with van der Waals surface area (Å²) in [5, 5.41) is 3.63. The van der Waals surface area contributed by atoms with Gasteiger partial charge in [0.1, 0.15) is 5.82 Å². The molecule has 0 unspecified atom stereocenters. The van der Waals surface area contributed by atoms with Crippen LogP contribution in [0.15, 0.2) is 12.3 Å². The number of carbonyl (C=O) groups excluding carboxylic acids is 1. The van der Waals surface area contributed by atoms with Crippen LogP contribution in [0.1, 0.15) is 10.4 Å². The molecule has 5 nitrogen and oxygen atoms in total. The van der Waals surface area contributed by atoms with E-state index < -0.39 is 0 Å². The van der Waals surface area contributed by atoms with Gasteiger partial charge < -0.3 is 15.0 Å². The van der Waals surface area contributed by atoms with E-state index in [1.54, 1.807) is 28.9 Å². The van der Waals surface area contributed by atoms with E-state index in [0.717, 1.165) is 12.3 Å². The normalized spacial score (nSPS) is 15.2. The van der Waals surface area contributed by atoms with Crippen LogP contribution in [0, 0.1) is 0 Å². The number of ether oxygens (including phenoxy) is 1. The largest absolute Gasteiger partial charge is 0.378 e. The van der Waals surface area contributed by atoms with Crippen LogP contribution in [0.5, 0.6) is 0 Å². The number of carbonyl (C=O) groups is 1. The molecule has 0 atom stereocenters. The maximum atomic E-state index is 12.3. The summed E-state index contributed by atoms with van der Waals surface area (Å²) in [4.78, 5) is 18.3. The first-order valence-corrected chi connectivity index (χ1v) is 8.25. The fraction of sp³-hybridized carbons (Fsp3) is 0.538. The third kappa shape index (κ3) is 4.01. The van der Waals surface area contributed by atoms with Crippen LogP contribution in [0.2, 0.25) is 5.02 Å². The Morgan fingerprint density at radius 3 is 2.95 bits per heavy atom. The molecule has 0 aliphatic carbocycles. The molecule has 2 heterocycles. The Kier molecular flexibility index (Phi) is 5.94. The van der Waals surface area contributed by atoms with Gasteiger partial charge in [-0.05, 0) is 12.3 Å². The van der Waals surface area contributed by atoms with Crippen molar-refractivity contribution >= 4 is 35.1 Å². The lowest BCUT2D eigenvalue weighted by molar-refractivity contribution is 0.0302. The molecule has 110 valence electrons. The van der Waals surface area contributed by atoms with E-state index in [2.05, 4.69) is 10.3 Å². The number of morpholine rings is 1. The van der Waals surface area contributed by atoms with E-state index in [0.29, 0.717) is 42.7 Å². The first-order valence-electron chi connectivity index (χ1n) is 6.47. The smallest absolute Gasteiger partial charge is 0.255 e. The average Bonchev–Trinajstić information content (AvgIpc) is 2.49. The van der Waals surface area contributed by atoms with Crippen LogP contribution < -0.4 is 5.32 Å². The van der Waals surface area contributed by atoms with Crippen molar-refractivity contribution in [3.63, 3.8) is 0 Å². The fourth-order valence-electron chi connectivity index (χ4n) is 1.91. The highest BCUT2D eigenvalue weighted by Gasteiger charge is 2.19. The quantitative estimate of drug-likeness (QED) is 0.842. The van der Waals surface area contributed by atoms with Gasteiger partial charge >= 0.3 is 0 Å². The molecule has 0 spiro atoms. The second kappa shape index (κ2) is 7.71. The van der Waals surface area contributed by atoms with Gasteiger partial charge in [-0.15, -0.1) is 0 Å². The highest BCUT2D eigenvalue weighted by Crippen LogP contribution is 2.21. The number of aromatic nitrogens is 1. The summed E-state index contributed by atoms with van der Waals surface area (Å²) < 4.78 is 5.24. The SMILES string of the molecule is CSCCNc1ncc(C(=O)N2CCOCC2)cc1Cl. The van der Waals surface area contributed by atoms with Gasteiger partial charge in [0.25, 0.3) is 5.91 Å². The number of anilines is 1. The zero-order valence-electron chi connectivity index (χ0n) is 11.4. The molecule has 1 saturated heterocycles. The molecule has 20 heavy (non-hydrogen) atoms. The van der Waals surface area contributed by atoms with Crippen LogP contribution in [-0.4, -0.2) is 60.6 Å². The minimum absolute atomic E-state index is 0.0432. The van der Waals surface area contributed by atoms with Crippen molar-refractivity contribution in [2.45, 2.75) is 0 Å². The highest BCUT2D eigenvalue weighted by atomic mass is 35.5. The van der Waals surface area contributed by atoms with Crippen molar-refractivity contribution in [1.82, 2.24) is 9.88 Å². The highest BCUT2D eigenvalue weighted by molar-refractivity contribution is 7.98. The van der Waals surface area contributed by atoms with Crippen LogP contribution in [0.4, 0.5) is 5.82 Å². The number of halogens is 1. The Morgan fingerprint density at radius 2 is 2.30 bits per heavy atom. The van der Waals surface area contributed by atoms with E-state index in [1.807, 2.05) is 6.26 Å². The second-order valence-corrected chi connectivity index (χ2v) is 5.77. The standard InChI is InChI=1S/C13H18ClN3O2S/c1-20-7-2-15-12-11(14)8-10(9-16-12)13(18)17-3-5-19-6-4-17/h8-9H,2-7H2,1H3,(H,15,16). The summed E-state index contributed by atoms with van der Waals surface area (Å²) in [6, 6.07) is 1.67. The van der Waals surface area contributed by atoms with Gasteiger partial charge in [0.05, 0.1) is 23.8 Å². The number of nitrogens with zero attached hydrogens (tertiary/aromatic N) is 2. The van der Waals surface area contributed by atoms with Crippen molar-refractivity contribution < 1.29 is 9.53 Å². The molecule has 0 radical (unpaired) electrons. The van der Waals surface area contributed by atoms with Crippen LogP contribution in [0.3, 0.4) is 0 Å². The summed E-state index contributed by atoms with van der Waals surface area (Å²) in [7, 11) is 0. The first-order chi connectivity index (χ1) is 9.72. The Bertz CT molecular complexity index is 467. The average molecular weight is 316 g/mol. The summed E-state index contributed by atoms with van der Waals surface area (Å²) >= 11 is 7.91. The van der Waals surface area contributed by atoms with Gasteiger partial charge in [0.15, 0.2) is 0 Å². The minimum Gasteiger partial charge on any atom is -0.378 e. The number of amides is 1. The predicted molar refractivity (Wildman–Crippen MR) is 82.8 cm³/mol. The Morgan fingerprint density at radius 1 is 1.55 bits per heavy atom. The van der Waals surface area contributed by atoms with E-state index in [1.165, 1.54) is 0 Å². The molecule has 1 aromatic heterocycles. The van der Waals surface area contributed by atoms with Crippen LogP contribution in [0.25, 0.3) is 0 Å². The second-order valence-electron chi connectivity index (χ2n) is 4.38. The van der Waals surface area contributed by atoms with Crippen LogP contribution >= 0.6 is 23.4 Å². The molecule has 1 aliphatic heterocycles. The van der Waals surface area contributed by atoms with Crippen molar-refractivity contribution in [2.75, 3.05) is 50.2 Å². The maximum Gasteiger partial charge on any atom is 0.255 e. The summed E-state index contributed by atoms with van der Waals surface area (Å²) in [6.07, 6.45) is 3.62. The first kappa shape index (κ1) is 15.4. The number of rotatable bonds is 5. The van der Waals surface area contributed by atoms with Crippen molar-refractivity contribution in [2.24, 2.45) is 0 Å². The van der Waals surface area contributed by atoms with Gasteiger partial charge in [-0.3, -0.25) is 4.79 Å². The minimum atomic E-state index is -0.0432. The fourth-order valence-corrected chi connectivity index (χ4v) is 2.44. The third-order valence-corrected chi connectivity index (χ3v) is 3.89. The molecule has 0 bridgehead atoms.